The summed E-state index contributed by atoms with van der Waals surface area (Å²) in [5.74, 6) is -0.168. The molecule has 2 aromatic rings. The lowest BCUT2D eigenvalue weighted by atomic mass is 9.75. The van der Waals surface area contributed by atoms with Crippen molar-refractivity contribution in [2.24, 2.45) is 5.16 Å². The molecule has 1 aliphatic heterocycles. The van der Waals surface area contributed by atoms with Crippen LogP contribution >= 0.6 is 38.9 Å². The van der Waals surface area contributed by atoms with Crippen LogP contribution in [0.15, 0.2) is 39.3 Å². The van der Waals surface area contributed by atoms with Crippen molar-refractivity contribution in [3.05, 3.63) is 44.0 Å². The van der Waals surface area contributed by atoms with Gasteiger partial charge in [0.15, 0.2) is 5.84 Å². The molecule has 2 amide bonds. The van der Waals surface area contributed by atoms with Crippen LogP contribution in [0, 0.1) is 0 Å². The standard InChI is InChI=1S/C20H20BrClN4O4S/c21-16-5-4-15(31-16)18(27)24-20(6-1-7-20)19(28)23-12-2-3-14(13(22)10-12)26-8-9-30-11-17(26)25-29/h2-5,10,29H,1,6-9,11H2,(H,23,28)(H,24,27). The highest BCUT2D eigenvalue weighted by molar-refractivity contribution is 9.11. The Bertz CT molecular complexity index is 1040. The number of benzene rings is 1. The number of carbonyl (C=O) groups is 2. The first-order chi connectivity index (χ1) is 14.9. The first-order valence-electron chi connectivity index (χ1n) is 9.67. The van der Waals surface area contributed by atoms with E-state index in [1.165, 1.54) is 11.3 Å². The number of halogens is 2. The highest BCUT2D eigenvalue weighted by atomic mass is 79.9. The van der Waals surface area contributed by atoms with Gasteiger partial charge in [-0.15, -0.1) is 11.3 Å². The van der Waals surface area contributed by atoms with Crippen LogP contribution in [0.3, 0.4) is 0 Å². The van der Waals surface area contributed by atoms with E-state index in [0.29, 0.717) is 53.1 Å². The minimum atomic E-state index is -0.931. The molecule has 0 atom stereocenters. The van der Waals surface area contributed by atoms with Gasteiger partial charge in [0.2, 0.25) is 5.91 Å². The van der Waals surface area contributed by atoms with Crippen LogP contribution in [0.1, 0.15) is 28.9 Å². The Labute approximate surface area is 196 Å². The molecule has 3 N–H and O–H groups in total. The van der Waals surface area contributed by atoms with Crippen molar-refractivity contribution in [2.45, 2.75) is 24.8 Å². The quantitative estimate of drug-likeness (QED) is 0.402. The van der Waals surface area contributed by atoms with Gasteiger partial charge >= 0.3 is 0 Å². The highest BCUT2D eigenvalue weighted by Gasteiger charge is 2.45. The van der Waals surface area contributed by atoms with Crippen molar-refractivity contribution in [1.82, 2.24) is 5.32 Å². The van der Waals surface area contributed by atoms with Crippen molar-refractivity contribution in [2.75, 3.05) is 30.0 Å². The molecule has 8 nitrogen and oxygen atoms in total. The van der Waals surface area contributed by atoms with Crippen LogP contribution in [0.4, 0.5) is 11.4 Å². The second kappa shape index (κ2) is 9.15. The number of carbonyl (C=O) groups excluding carboxylic acids is 2. The number of nitrogens with one attached hydrogen (secondary N) is 2. The molecular weight excluding hydrogens is 508 g/mol. The van der Waals surface area contributed by atoms with Gasteiger partial charge in [0, 0.05) is 12.2 Å². The number of hydrogen-bond donors (Lipinski definition) is 3. The molecule has 31 heavy (non-hydrogen) atoms. The third-order valence-corrected chi connectivity index (χ3v) is 7.33. The van der Waals surface area contributed by atoms with E-state index in [2.05, 4.69) is 31.7 Å². The molecule has 1 saturated carbocycles. The van der Waals surface area contributed by atoms with Crippen LogP contribution in [-0.2, 0) is 9.53 Å². The summed E-state index contributed by atoms with van der Waals surface area (Å²) in [7, 11) is 0. The Morgan fingerprint density at radius 2 is 2.10 bits per heavy atom. The molecule has 0 unspecified atom stereocenters. The predicted octanol–water partition coefficient (Wildman–Crippen LogP) is 4.08. The molecule has 11 heteroatoms. The Morgan fingerprint density at radius 3 is 2.71 bits per heavy atom. The molecule has 2 heterocycles. The fraction of sp³-hybridized carbons (Fsp3) is 0.350. The van der Waals surface area contributed by atoms with Crippen molar-refractivity contribution in [3.63, 3.8) is 0 Å². The van der Waals surface area contributed by atoms with E-state index in [9.17, 15) is 14.8 Å². The van der Waals surface area contributed by atoms with E-state index in [4.69, 9.17) is 16.3 Å². The summed E-state index contributed by atoms with van der Waals surface area (Å²) in [6.45, 7) is 1.17. The van der Waals surface area contributed by atoms with E-state index in [0.717, 1.165) is 10.2 Å². The number of morpholine rings is 1. The largest absolute Gasteiger partial charge is 0.409 e. The third-order valence-electron chi connectivity index (χ3n) is 5.41. The van der Waals surface area contributed by atoms with E-state index in [-0.39, 0.29) is 18.4 Å². The van der Waals surface area contributed by atoms with Crippen LogP contribution in [0.2, 0.25) is 5.02 Å². The van der Waals surface area contributed by atoms with Crippen LogP contribution in [0.5, 0.6) is 0 Å². The number of thiophene rings is 1. The van der Waals surface area contributed by atoms with E-state index in [1.807, 2.05) is 0 Å². The molecule has 1 aromatic carbocycles. The summed E-state index contributed by atoms with van der Waals surface area (Å²) in [5.41, 5.74) is 0.249. The summed E-state index contributed by atoms with van der Waals surface area (Å²) < 4.78 is 6.15. The summed E-state index contributed by atoms with van der Waals surface area (Å²) in [6, 6.07) is 8.65. The average molecular weight is 528 g/mol. The molecule has 0 spiro atoms. The van der Waals surface area contributed by atoms with Crippen LogP contribution in [0.25, 0.3) is 0 Å². The van der Waals surface area contributed by atoms with Gasteiger partial charge in [-0.1, -0.05) is 16.8 Å². The summed E-state index contributed by atoms with van der Waals surface area (Å²) in [4.78, 5) is 27.9. The molecular formula is C20H20BrClN4O4S. The number of amides is 2. The third kappa shape index (κ3) is 4.57. The van der Waals surface area contributed by atoms with Crippen LogP contribution < -0.4 is 15.5 Å². The Morgan fingerprint density at radius 1 is 1.29 bits per heavy atom. The zero-order valence-corrected chi connectivity index (χ0v) is 19.5. The topological polar surface area (TPSA) is 103 Å². The highest BCUT2D eigenvalue weighted by Crippen LogP contribution is 2.35. The van der Waals surface area contributed by atoms with Gasteiger partial charge in [0.05, 0.1) is 26.0 Å². The minimum absolute atomic E-state index is 0.189. The lowest BCUT2D eigenvalue weighted by Crippen LogP contribution is -2.61. The first-order valence-corrected chi connectivity index (χ1v) is 11.7. The molecule has 2 aliphatic rings. The molecule has 0 radical (unpaired) electrons. The zero-order chi connectivity index (χ0) is 22.0. The number of rotatable bonds is 5. The SMILES string of the molecule is O=C(NC1(C(=O)Nc2ccc(N3CCOCC3=NO)c(Cl)c2)CCC1)c1ccc(Br)s1. The maximum absolute atomic E-state index is 13.0. The van der Waals surface area contributed by atoms with E-state index in [1.54, 1.807) is 35.2 Å². The predicted molar refractivity (Wildman–Crippen MR) is 124 cm³/mol. The van der Waals surface area contributed by atoms with Gasteiger partial charge in [-0.3, -0.25) is 9.59 Å². The Hall–Kier alpha value is -2.14. The number of anilines is 2. The summed E-state index contributed by atoms with van der Waals surface area (Å²) >= 11 is 11.1. The Balaban J connectivity index is 1.47. The van der Waals surface area contributed by atoms with Gasteiger partial charge in [-0.25, -0.2) is 0 Å². The molecule has 164 valence electrons. The van der Waals surface area contributed by atoms with E-state index >= 15 is 0 Å². The van der Waals surface area contributed by atoms with E-state index < -0.39 is 5.54 Å². The van der Waals surface area contributed by atoms with Crippen molar-refractivity contribution < 1.29 is 19.5 Å². The maximum Gasteiger partial charge on any atom is 0.262 e. The normalized spacial score (nSPS) is 19.0. The second-order valence-corrected chi connectivity index (χ2v) is 10.2. The van der Waals surface area contributed by atoms with Gasteiger partial charge in [-0.05, 0) is 65.5 Å². The molecule has 1 aromatic heterocycles. The fourth-order valence-electron chi connectivity index (χ4n) is 3.58. The lowest BCUT2D eigenvalue weighted by molar-refractivity contribution is -0.125. The summed E-state index contributed by atoms with van der Waals surface area (Å²) in [5, 5.41) is 18.7. The number of hydrogen-bond acceptors (Lipinski definition) is 6. The molecule has 0 bridgehead atoms. The van der Waals surface area contributed by atoms with Crippen molar-refractivity contribution in [1.29, 1.82) is 0 Å². The number of amidine groups is 1. The van der Waals surface area contributed by atoms with Crippen molar-refractivity contribution >= 4 is 67.9 Å². The maximum atomic E-state index is 13.0. The molecule has 4 rings (SSSR count). The molecule has 1 saturated heterocycles. The smallest absolute Gasteiger partial charge is 0.262 e. The van der Waals surface area contributed by atoms with Crippen molar-refractivity contribution in [3.8, 4) is 0 Å². The number of ether oxygens (including phenoxy) is 1. The summed E-state index contributed by atoms with van der Waals surface area (Å²) in [6.07, 6.45) is 2.02. The monoisotopic (exact) mass is 526 g/mol. The first kappa shape index (κ1) is 22.1. The zero-order valence-electron chi connectivity index (χ0n) is 16.4. The number of nitrogens with zero attached hydrogens (tertiary/aromatic N) is 2. The average Bonchev–Trinajstić information content (AvgIpc) is 3.17. The molecule has 2 fully saturated rings. The van der Waals surface area contributed by atoms with Gasteiger partial charge in [0.1, 0.15) is 12.1 Å². The van der Waals surface area contributed by atoms with Gasteiger partial charge < -0.3 is 25.5 Å². The fourth-order valence-corrected chi connectivity index (χ4v) is 5.14. The lowest BCUT2D eigenvalue weighted by Gasteiger charge is -2.40. The van der Waals surface area contributed by atoms with Crippen LogP contribution in [-0.4, -0.2) is 48.2 Å². The molecule has 1 aliphatic carbocycles. The number of oxime groups is 1. The minimum Gasteiger partial charge on any atom is -0.409 e. The van der Waals surface area contributed by atoms with Gasteiger partial charge in [0.25, 0.3) is 5.91 Å². The van der Waals surface area contributed by atoms with Gasteiger partial charge in [-0.2, -0.15) is 0 Å². The second-order valence-electron chi connectivity index (χ2n) is 7.33. The Kier molecular flexibility index (Phi) is 6.52.